The molecule has 1 saturated carbocycles. The lowest BCUT2D eigenvalue weighted by atomic mass is 10.1. The van der Waals surface area contributed by atoms with Crippen LogP contribution in [0.25, 0.3) is 0 Å². The molecular formula is C18H24N2O. The Morgan fingerprint density at radius 3 is 2.71 bits per heavy atom. The van der Waals surface area contributed by atoms with Gasteiger partial charge in [-0.3, -0.25) is 4.79 Å². The van der Waals surface area contributed by atoms with Crippen molar-refractivity contribution in [2.45, 2.75) is 52.0 Å². The van der Waals surface area contributed by atoms with Gasteiger partial charge >= 0.3 is 0 Å². The molecular weight excluding hydrogens is 260 g/mol. The standard InChI is InChI=1S/C18H24N2O/c1-14(2)10-11-20(17-8-3-4-9-17)18(21)16-7-5-6-15(12-16)13-19/h5-7,12,14,17H,3-4,8-11H2,1-2H3. The van der Waals surface area contributed by atoms with Gasteiger partial charge in [0.25, 0.3) is 5.91 Å². The third-order valence-corrected chi connectivity index (χ3v) is 4.21. The van der Waals surface area contributed by atoms with Gasteiger partial charge in [-0.1, -0.05) is 32.8 Å². The van der Waals surface area contributed by atoms with Crippen LogP contribution in [-0.2, 0) is 0 Å². The molecule has 0 bridgehead atoms. The average Bonchev–Trinajstić information content (AvgIpc) is 3.01. The van der Waals surface area contributed by atoms with Crippen molar-refractivity contribution in [2.24, 2.45) is 5.92 Å². The number of amides is 1. The van der Waals surface area contributed by atoms with Crippen LogP contribution in [0, 0.1) is 17.2 Å². The smallest absolute Gasteiger partial charge is 0.254 e. The van der Waals surface area contributed by atoms with Crippen molar-refractivity contribution >= 4 is 5.91 Å². The van der Waals surface area contributed by atoms with Crippen LogP contribution in [0.1, 0.15) is 61.9 Å². The summed E-state index contributed by atoms with van der Waals surface area (Å²) in [5.74, 6) is 0.673. The molecule has 1 aliphatic carbocycles. The topological polar surface area (TPSA) is 44.1 Å². The number of nitriles is 1. The molecule has 0 aromatic heterocycles. The van der Waals surface area contributed by atoms with Gasteiger partial charge in [0.1, 0.15) is 0 Å². The largest absolute Gasteiger partial charge is 0.336 e. The molecule has 2 rings (SSSR count). The first-order valence-corrected chi connectivity index (χ1v) is 7.93. The van der Waals surface area contributed by atoms with Gasteiger partial charge in [-0.2, -0.15) is 5.26 Å². The van der Waals surface area contributed by atoms with E-state index < -0.39 is 0 Å². The Labute approximate surface area is 127 Å². The van der Waals surface area contributed by atoms with Crippen LogP contribution in [-0.4, -0.2) is 23.4 Å². The zero-order chi connectivity index (χ0) is 15.2. The van der Waals surface area contributed by atoms with Gasteiger partial charge in [-0.25, -0.2) is 0 Å². The summed E-state index contributed by atoms with van der Waals surface area (Å²) in [4.78, 5) is 14.9. The van der Waals surface area contributed by atoms with Crippen LogP contribution < -0.4 is 0 Å². The summed E-state index contributed by atoms with van der Waals surface area (Å²) < 4.78 is 0. The van der Waals surface area contributed by atoms with E-state index in [0.717, 1.165) is 25.8 Å². The first-order valence-electron chi connectivity index (χ1n) is 7.93. The predicted molar refractivity (Wildman–Crippen MR) is 83.9 cm³/mol. The SMILES string of the molecule is CC(C)CCN(C(=O)c1cccc(C#N)c1)C1CCCC1. The van der Waals surface area contributed by atoms with E-state index in [1.807, 2.05) is 11.0 Å². The molecule has 0 aliphatic heterocycles. The molecule has 3 nitrogen and oxygen atoms in total. The Morgan fingerprint density at radius 1 is 1.38 bits per heavy atom. The minimum absolute atomic E-state index is 0.0830. The molecule has 112 valence electrons. The van der Waals surface area contributed by atoms with Crippen molar-refractivity contribution in [3.63, 3.8) is 0 Å². The molecule has 0 heterocycles. The van der Waals surface area contributed by atoms with E-state index in [1.165, 1.54) is 12.8 Å². The molecule has 0 spiro atoms. The quantitative estimate of drug-likeness (QED) is 0.820. The lowest BCUT2D eigenvalue weighted by Crippen LogP contribution is -2.40. The fourth-order valence-electron chi connectivity index (χ4n) is 2.95. The summed E-state index contributed by atoms with van der Waals surface area (Å²) in [6.45, 7) is 5.19. The number of benzene rings is 1. The summed E-state index contributed by atoms with van der Waals surface area (Å²) in [5.41, 5.74) is 1.20. The highest BCUT2D eigenvalue weighted by atomic mass is 16.2. The summed E-state index contributed by atoms with van der Waals surface area (Å²) in [6, 6.07) is 9.55. The maximum Gasteiger partial charge on any atom is 0.254 e. The number of hydrogen-bond acceptors (Lipinski definition) is 2. The number of nitrogens with zero attached hydrogens (tertiary/aromatic N) is 2. The van der Waals surface area contributed by atoms with Crippen LogP contribution in [0.2, 0.25) is 0 Å². The Balaban J connectivity index is 2.17. The van der Waals surface area contributed by atoms with E-state index in [9.17, 15) is 4.79 Å². The molecule has 1 amide bonds. The minimum atomic E-state index is 0.0830. The van der Waals surface area contributed by atoms with Crippen molar-refractivity contribution in [2.75, 3.05) is 6.54 Å². The number of carbonyl (C=O) groups excluding carboxylic acids is 1. The fraction of sp³-hybridized carbons (Fsp3) is 0.556. The second kappa shape index (κ2) is 7.26. The first kappa shape index (κ1) is 15.6. The zero-order valence-corrected chi connectivity index (χ0v) is 13.0. The van der Waals surface area contributed by atoms with E-state index in [1.54, 1.807) is 18.2 Å². The average molecular weight is 284 g/mol. The van der Waals surface area contributed by atoms with Crippen LogP contribution in [0.5, 0.6) is 0 Å². The second-order valence-electron chi connectivity index (χ2n) is 6.31. The van der Waals surface area contributed by atoms with E-state index in [0.29, 0.717) is 23.1 Å². The second-order valence-corrected chi connectivity index (χ2v) is 6.31. The Hall–Kier alpha value is -1.82. The number of hydrogen-bond donors (Lipinski definition) is 0. The summed E-state index contributed by atoms with van der Waals surface area (Å²) in [5, 5.41) is 9.00. The third-order valence-electron chi connectivity index (χ3n) is 4.21. The predicted octanol–water partition coefficient (Wildman–Crippen LogP) is 3.99. The zero-order valence-electron chi connectivity index (χ0n) is 13.0. The number of rotatable bonds is 5. The molecule has 1 aromatic carbocycles. The monoisotopic (exact) mass is 284 g/mol. The molecule has 0 N–H and O–H groups in total. The summed E-state index contributed by atoms with van der Waals surface area (Å²) >= 11 is 0. The van der Waals surface area contributed by atoms with Gasteiger partial charge in [-0.15, -0.1) is 0 Å². The molecule has 21 heavy (non-hydrogen) atoms. The first-order chi connectivity index (χ1) is 10.1. The molecule has 1 fully saturated rings. The number of carbonyl (C=O) groups is 1. The van der Waals surface area contributed by atoms with Crippen LogP contribution in [0.4, 0.5) is 0 Å². The molecule has 0 unspecified atom stereocenters. The van der Waals surface area contributed by atoms with Crippen molar-refractivity contribution in [3.8, 4) is 6.07 Å². The van der Waals surface area contributed by atoms with Crippen molar-refractivity contribution < 1.29 is 4.79 Å². The molecule has 1 aromatic rings. The van der Waals surface area contributed by atoms with Crippen LogP contribution in [0.3, 0.4) is 0 Å². The van der Waals surface area contributed by atoms with Gasteiger partial charge in [0, 0.05) is 18.2 Å². The molecule has 1 aliphatic rings. The fourth-order valence-corrected chi connectivity index (χ4v) is 2.95. The van der Waals surface area contributed by atoms with E-state index >= 15 is 0 Å². The Kier molecular flexibility index (Phi) is 5.38. The van der Waals surface area contributed by atoms with E-state index in [2.05, 4.69) is 19.9 Å². The minimum Gasteiger partial charge on any atom is -0.336 e. The highest BCUT2D eigenvalue weighted by Gasteiger charge is 2.27. The van der Waals surface area contributed by atoms with Gasteiger partial charge in [0.05, 0.1) is 11.6 Å². The van der Waals surface area contributed by atoms with Crippen molar-refractivity contribution in [1.82, 2.24) is 4.90 Å². The highest BCUT2D eigenvalue weighted by Crippen LogP contribution is 2.25. The van der Waals surface area contributed by atoms with E-state index in [4.69, 9.17) is 5.26 Å². The molecule has 0 saturated heterocycles. The normalized spacial score (nSPS) is 15.1. The molecule has 0 radical (unpaired) electrons. The lowest BCUT2D eigenvalue weighted by Gasteiger charge is -2.30. The van der Waals surface area contributed by atoms with Crippen LogP contribution >= 0.6 is 0 Å². The summed E-state index contributed by atoms with van der Waals surface area (Å²) in [7, 11) is 0. The Morgan fingerprint density at radius 2 is 2.10 bits per heavy atom. The van der Waals surface area contributed by atoms with Gasteiger partial charge in [0.15, 0.2) is 0 Å². The summed E-state index contributed by atoms with van der Waals surface area (Å²) in [6.07, 6.45) is 5.69. The lowest BCUT2D eigenvalue weighted by molar-refractivity contribution is 0.0672. The highest BCUT2D eigenvalue weighted by molar-refractivity contribution is 5.94. The molecule has 0 atom stereocenters. The Bertz CT molecular complexity index is 524. The maximum absolute atomic E-state index is 12.8. The van der Waals surface area contributed by atoms with Gasteiger partial charge in [-0.05, 0) is 43.4 Å². The maximum atomic E-state index is 12.8. The van der Waals surface area contributed by atoms with Gasteiger partial charge in [0.2, 0.25) is 0 Å². The van der Waals surface area contributed by atoms with Crippen LogP contribution in [0.15, 0.2) is 24.3 Å². The molecule has 3 heteroatoms. The van der Waals surface area contributed by atoms with Gasteiger partial charge < -0.3 is 4.90 Å². The third kappa shape index (κ3) is 4.07. The van der Waals surface area contributed by atoms with Crippen molar-refractivity contribution in [1.29, 1.82) is 5.26 Å². The van der Waals surface area contributed by atoms with Crippen molar-refractivity contribution in [3.05, 3.63) is 35.4 Å². The van der Waals surface area contributed by atoms with E-state index in [-0.39, 0.29) is 5.91 Å².